The fourth-order valence-electron chi connectivity index (χ4n) is 1.08. The molecule has 1 fully saturated rings. The lowest BCUT2D eigenvalue weighted by Crippen LogP contribution is -2.21. The zero-order chi connectivity index (χ0) is 9.68. The molecule has 0 N–H and O–H groups in total. The van der Waals surface area contributed by atoms with E-state index in [2.05, 4.69) is 0 Å². The highest BCUT2D eigenvalue weighted by molar-refractivity contribution is 5.84. The summed E-state index contributed by atoms with van der Waals surface area (Å²) in [6.07, 6.45) is 2.15. The molecule has 0 aromatic rings. The van der Waals surface area contributed by atoms with Crippen LogP contribution in [0, 0.1) is 5.92 Å². The molecule has 1 rings (SSSR count). The first-order valence-electron chi connectivity index (χ1n) is 4.96. The van der Waals surface area contributed by atoms with Gasteiger partial charge in [-0.15, -0.1) is 0 Å². The van der Waals surface area contributed by atoms with E-state index >= 15 is 0 Å². The van der Waals surface area contributed by atoms with Crippen LogP contribution in [0.2, 0.25) is 0 Å². The maximum atomic E-state index is 11.2. The molecule has 1 atom stereocenters. The van der Waals surface area contributed by atoms with Gasteiger partial charge in [0.15, 0.2) is 5.78 Å². The van der Waals surface area contributed by atoms with E-state index in [0.29, 0.717) is 19.1 Å². The Hall–Kier alpha value is -0.410. The molecule has 76 valence electrons. The van der Waals surface area contributed by atoms with E-state index < -0.39 is 0 Å². The number of Topliss-reactive ketones (excluding diaryl/α,β-unsaturated/α-hetero) is 1. The molecule has 1 aliphatic rings. The van der Waals surface area contributed by atoms with Crippen LogP contribution < -0.4 is 0 Å². The molecule has 0 amide bonds. The summed E-state index contributed by atoms with van der Waals surface area (Å²) < 4.78 is 10.5. The number of ketones is 1. The monoisotopic (exact) mass is 186 g/mol. The molecule has 0 heterocycles. The third-order valence-corrected chi connectivity index (χ3v) is 2.10. The second-order valence-corrected chi connectivity index (χ2v) is 3.52. The molecule has 1 aliphatic carbocycles. The molecule has 1 unspecified atom stereocenters. The van der Waals surface area contributed by atoms with Crippen LogP contribution in [-0.4, -0.2) is 31.7 Å². The Morgan fingerprint density at radius 3 is 2.77 bits per heavy atom. The zero-order valence-electron chi connectivity index (χ0n) is 8.41. The van der Waals surface area contributed by atoms with Gasteiger partial charge in [-0.2, -0.15) is 0 Å². The smallest absolute Gasteiger partial charge is 0.161 e. The molecular weight excluding hydrogens is 168 g/mol. The second-order valence-electron chi connectivity index (χ2n) is 3.52. The van der Waals surface area contributed by atoms with Gasteiger partial charge >= 0.3 is 0 Å². The quantitative estimate of drug-likeness (QED) is 0.603. The Morgan fingerprint density at radius 1 is 1.54 bits per heavy atom. The van der Waals surface area contributed by atoms with E-state index in [1.807, 2.05) is 13.8 Å². The first-order chi connectivity index (χ1) is 6.24. The van der Waals surface area contributed by atoms with Gasteiger partial charge in [-0.05, 0) is 26.7 Å². The van der Waals surface area contributed by atoms with Gasteiger partial charge in [0.2, 0.25) is 0 Å². The minimum atomic E-state index is 0.0302. The average Bonchev–Trinajstić information content (AvgIpc) is 2.93. The molecule has 1 saturated carbocycles. The molecule has 0 radical (unpaired) electrons. The van der Waals surface area contributed by atoms with Crippen LogP contribution in [0.1, 0.15) is 26.7 Å². The molecule has 0 aromatic carbocycles. The van der Waals surface area contributed by atoms with Crippen molar-refractivity contribution in [2.24, 2.45) is 5.92 Å². The van der Waals surface area contributed by atoms with Crippen LogP contribution >= 0.6 is 0 Å². The van der Waals surface area contributed by atoms with Crippen molar-refractivity contribution in [3.8, 4) is 0 Å². The van der Waals surface area contributed by atoms with Crippen LogP contribution in [0.3, 0.4) is 0 Å². The van der Waals surface area contributed by atoms with Crippen LogP contribution in [0.25, 0.3) is 0 Å². The van der Waals surface area contributed by atoms with Gasteiger partial charge in [-0.1, -0.05) is 0 Å². The van der Waals surface area contributed by atoms with Crippen molar-refractivity contribution in [3.63, 3.8) is 0 Å². The molecule has 0 spiro atoms. The molecular formula is C10H18O3. The molecule has 0 bridgehead atoms. The predicted molar refractivity (Wildman–Crippen MR) is 49.6 cm³/mol. The van der Waals surface area contributed by atoms with Crippen molar-refractivity contribution in [2.75, 3.05) is 19.8 Å². The third kappa shape index (κ3) is 4.39. The van der Waals surface area contributed by atoms with Crippen molar-refractivity contribution >= 4 is 5.78 Å². The van der Waals surface area contributed by atoms with Crippen molar-refractivity contribution in [3.05, 3.63) is 0 Å². The van der Waals surface area contributed by atoms with Crippen molar-refractivity contribution < 1.29 is 14.3 Å². The fourth-order valence-corrected chi connectivity index (χ4v) is 1.08. The lowest BCUT2D eigenvalue weighted by atomic mass is 10.3. The summed E-state index contributed by atoms with van der Waals surface area (Å²) in [6, 6.07) is 0. The Kier molecular flexibility index (Phi) is 4.39. The minimum absolute atomic E-state index is 0.0302. The van der Waals surface area contributed by atoms with Crippen LogP contribution in [0.15, 0.2) is 0 Å². The van der Waals surface area contributed by atoms with E-state index in [0.717, 1.165) is 12.8 Å². The van der Waals surface area contributed by atoms with Gasteiger partial charge < -0.3 is 9.47 Å². The van der Waals surface area contributed by atoms with Crippen molar-refractivity contribution in [1.82, 2.24) is 0 Å². The SMILES string of the molecule is CCOCC(C)OCC(=O)C1CC1. The minimum Gasteiger partial charge on any atom is -0.379 e. The zero-order valence-corrected chi connectivity index (χ0v) is 8.41. The maximum Gasteiger partial charge on any atom is 0.161 e. The standard InChI is InChI=1S/C10H18O3/c1-3-12-6-8(2)13-7-10(11)9-4-5-9/h8-9H,3-7H2,1-2H3. The maximum absolute atomic E-state index is 11.2. The van der Waals surface area contributed by atoms with Crippen LogP contribution in [0.5, 0.6) is 0 Å². The normalized spacial score (nSPS) is 18.6. The molecule has 0 saturated heterocycles. The molecule has 3 nitrogen and oxygen atoms in total. The summed E-state index contributed by atoms with van der Waals surface area (Å²) in [5, 5.41) is 0. The molecule has 0 aromatic heterocycles. The number of carbonyl (C=O) groups excluding carboxylic acids is 1. The Bertz CT molecular complexity index is 164. The van der Waals surface area contributed by atoms with Crippen LogP contribution in [0.4, 0.5) is 0 Å². The Labute approximate surface area is 79.4 Å². The highest BCUT2D eigenvalue weighted by Gasteiger charge is 2.29. The summed E-state index contributed by atoms with van der Waals surface area (Å²) in [4.78, 5) is 11.2. The van der Waals surface area contributed by atoms with Gasteiger partial charge in [-0.3, -0.25) is 4.79 Å². The van der Waals surface area contributed by atoms with E-state index in [4.69, 9.17) is 9.47 Å². The van der Waals surface area contributed by atoms with E-state index in [-0.39, 0.29) is 18.5 Å². The van der Waals surface area contributed by atoms with Gasteiger partial charge in [0.1, 0.15) is 6.61 Å². The lowest BCUT2D eigenvalue weighted by Gasteiger charge is -2.11. The lowest BCUT2D eigenvalue weighted by molar-refractivity contribution is -0.127. The first kappa shape index (κ1) is 10.7. The van der Waals surface area contributed by atoms with Crippen molar-refractivity contribution in [1.29, 1.82) is 0 Å². The van der Waals surface area contributed by atoms with Gasteiger partial charge in [0.05, 0.1) is 12.7 Å². The van der Waals surface area contributed by atoms with Gasteiger partial charge in [-0.25, -0.2) is 0 Å². The summed E-state index contributed by atoms with van der Waals surface area (Å²) >= 11 is 0. The summed E-state index contributed by atoms with van der Waals surface area (Å²) in [7, 11) is 0. The van der Waals surface area contributed by atoms with E-state index in [1.54, 1.807) is 0 Å². The number of rotatable bonds is 7. The summed E-state index contributed by atoms with van der Waals surface area (Å²) in [5.41, 5.74) is 0. The fraction of sp³-hybridized carbons (Fsp3) is 0.900. The Morgan fingerprint density at radius 2 is 2.23 bits per heavy atom. The highest BCUT2D eigenvalue weighted by atomic mass is 16.5. The number of carbonyl (C=O) groups is 1. The highest BCUT2D eigenvalue weighted by Crippen LogP contribution is 2.29. The number of hydrogen-bond donors (Lipinski definition) is 0. The summed E-state index contributed by atoms with van der Waals surface area (Å²) in [6.45, 7) is 5.41. The summed E-state index contributed by atoms with van der Waals surface area (Å²) in [5.74, 6) is 0.558. The topological polar surface area (TPSA) is 35.5 Å². The van der Waals surface area contributed by atoms with E-state index in [1.165, 1.54) is 0 Å². The molecule has 13 heavy (non-hydrogen) atoms. The van der Waals surface area contributed by atoms with Gasteiger partial charge in [0.25, 0.3) is 0 Å². The second kappa shape index (κ2) is 5.35. The predicted octanol–water partition coefficient (Wildman–Crippen LogP) is 1.41. The number of ether oxygens (including phenoxy) is 2. The molecule has 3 heteroatoms. The van der Waals surface area contributed by atoms with Crippen molar-refractivity contribution in [2.45, 2.75) is 32.8 Å². The third-order valence-electron chi connectivity index (χ3n) is 2.10. The average molecular weight is 186 g/mol. The molecule has 0 aliphatic heterocycles. The van der Waals surface area contributed by atoms with Crippen LogP contribution in [-0.2, 0) is 14.3 Å². The first-order valence-corrected chi connectivity index (χ1v) is 4.96. The van der Waals surface area contributed by atoms with E-state index in [9.17, 15) is 4.79 Å². The number of hydrogen-bond acceptors (Lipinski definition) is 3. The largest absolute Gasteiger partial charge is 0.379 e. The van der Waals surface area contributed by atoms with Gasteiger partial charge in [0, 0.05) is 12.5 Å². The Balaban J connectivity index is 1.99.